The van der Waals surface area contributed by atoms with Crippen LogP contribution in [-0.2, 0) is 4.79 Å². The summed E-state index contributed by atoms with van der Waals surface area (Å²) in [5, 5.41) is 3.89. The van der Waals surface area contributed by atoms with E-state index in [2.05, 4.69) is 5.32 Å². The van der Waals surface area contributed by atoms with E-state index in [1.165, 1.54) is 11.8 Å². The lowest BCUT2D eigenvalue weighted by Gasteiger charge is -2.07. The molecule has 104 valence electrons. The van der Waals surface area contributed by atoms with Gasteiger partial charge in [-0.25, -0.2) is 0 Å². The third-order valence-electron chi connectivity index (χ3n) is 2.45. The summed E-state index contributed by atoms with van der Waals surface area (Å²) >= 11 is 13.1. The Morgan fingerprint density at radius 1 is 1.20 bits per heavy atom. The zero-order valence-corrected chi connectivity index (χ0v) is 12.7. The summed E-state index contributed by atoms with van der Waals surface area (Å²) < 4.78 is 0. The summed E-state index contributed by atoms with van der Waals surface area (Å²) in [7, 11) is 0. The molecule has 0 bridgehead atoms. The van der Waals surface area contributed by atoms with E-state index in [1.54, 1.807) is 24.3 Å². The number of benzene rings is 2. The monoisotopic (exact) mass is 326 g/mol. The largest absolute Gasteiger partial charge is 0.397 e. The number of carbonyl (C=O) groups excluding carboxylic acids is 1. The van der Waals surface area contributed by atoms with Crippen LogP contribution in [0.4, 0.5) is 11.4 Å². The molecule has 0 radical (unpaired) electrons. The first kappa shape index (κ1) is 15.0. The van der Waals surface area contributed by atoms with Gasteiger partial charge in [-0.3, -0.25) is 4.79 Å². The fraction of sp³-hybridized carbons (Fsp3) is 0.0714. The molecule has 6 heteroatoms. The number of nitrogen functional groups attached to an aromatic ring is 1. The summed E-state index contributed by atoms with van der Waals surface area (Å²) in [5.41, 5.74) is 6.74. The fourth-order valence-corrected chi connectivity index (χ4v) is 2.65. The van der Waals surface area contributed by atoms with Crippen molar-refractivity contribution in [3.63, 3.8) is 0 Å². The Balaban J connectivity index is 1.91. The number of carbonyl (C=O) groups is 1. The van der Waals surface area contributed by atoms with Gasteiger partial charge in [-0.15, -0.1) is 11.8 Å². The lowest BCUT2D eigenvalue weighted by Crippen LogP contribution is -2.14. The van der Waals surface area contributed by atoms with Crippen molar-refractivity contribution in [2.75, 3.05) is 16.8 Å². The minimum atomic E-state index is -0.114. The molecule has 0 aliphatic rings. The summed E-state index contributed by atoms with van der Waals surface area (Å²) in [4.78, 5) is 12.8. The molecule has 0 aliphatic carbocycles. The minimum absolute atomic E-state index is 0.114. The SMILES string of the molecule is Nc1cc(NC(=O)CSc2cccc(Cl)c2)ccc1Cl. The number of halogens is 2. The zero-order chi connectivity index (χ0) is 14.5. The summed E-state index contributed by atoms with van der Waals surface area (Å²) in [6.45, 7) is 0. The van der Waals surface area contributed by atoms with Gasteiger partial charge in [0, 0.05) is 15.6 Å². The Bertz CT molecular complexity index is 634. The Morgan fingerprint density at radius 3 is 2.70 bits per heavy atom. The van der Waals surface area contributed by atoms with Gasteiger partial charge in [-0.1, -0.05) is 29.3 Å². The number of hydrogen-bond donors (Lipinski definition) is 2. The molecule has 0 fully saturated rings. The van der Waals surface area contributed by atoms with Crippen LogP contribution in [-0.4, -0.2) is 11.7 Å². The molecule has 1 amide bonds. The highest BCUT2D eigenvalue weighted by molar-refractivity contribution is 8.00. The van der Waals surface area contributed by atoms with Gasteiger partial charge in [-0.05, 0) is 36.4 Å². The van der Waals surface area contributed by atoms with Gasteiger partial charge >= 0.3 is 0 Å². The molecule has 2 rings (SSSR count). The zero-order valence-electron chi connectivity index (χ0n) is 10.4. The summed E-state index contributed by atoms with van der Waals surface area (Å²) in [6.07, 6.45) is 0. The normalized spacial score (nSPS) is 10.3. The molecule has 0 saturated carbocycles. The van der Waals surface area contributed by atoms with Crippen LogP contribution in [0.2, 0.25) is 10.0 Å². The van der Waals surface area contributed by atoms with Gasteiger partial charge in [0.2, 0.25) is 5.91 Å². The Labute approximate surface area is 131 Å². The predicted molar refractivity (Wildman–Crippen MR) is 86.7 cm³/mol. The van der Waals surface area contributed by atoms with E-state index in [0.29, 0.717) is 27.2 Å². The van der Waals surface area contributed by atoms with Crippen LogP contribution < -0.4 is 11.1 Å². The van der Waals surface area contributed by atoms with E-state index < -0.39 is 0 Å². The molecule has 2 aromatic rings. The Hall–Kier alpha value is -1.36. The van der Waals surface area contributed by atoms with Gasteiger partial charge in [0.05, 0.1) is 16.5 Å². The van der Waals surface area contributed by atoms with E-state index in [-0.39, 0.29) is 5.91 Å². The van der Waals surface area contributed by atoms with Crippen molar-refractivity contribution < 1.29 is 4.79 Å². The minimum Gasteiger partial charge on any atom is -0.397 e. The van der Waals surface area contributed by atoms with Crippen molar-refractivity contribution in [2.24, 2.45) is 0 Å². The van der Waals surface area contributed by atoms with E-state index >= 15 is 0 Å². The smallest absolute Gasteiger partial charge is 0.234 e. The molecular formula is C14H12Cl2N2OS. The lowest BCUT2D eigenvalue weighted by atomic mass is 10.3. The molecule has 0 saturated heterocycles. The topological polar surface area (TPSA) is 55.1 Å². The first-order valence-corrected chi connectivity index (χ1v) is 7.52. The Morgan fingerprint density at radius 2 is 2.00 bits per heavy atom. The molecule has 2 aromatic carbocycles. The number of rotatable bonds is 4. The quantitative estimate of drug-likeness (QED) is 0.650. The molecule has 0 heterocycles. The second-order valence-electron chi connectivity index (χ2n) is 4.03. The van der Waals surface area contributed by atoms with Crippen molar-refractivity contribution in [1.29, 1.82) is 0 Å². The average Bonchev–Trinajstić information content (AvgIpc) is 2.41. The number of thioether (sulfide) groups is 1. The maximum atomic E-state index is 11.8. The van der Waals surface area contributed by atoms with Crippen LogP contribution >= 0.6 is 35.0 Å². The molecule has 3 nitrogen and oxygen atoms in total. The molecule has 0 spiro atoms. The van der Waals surface area contributed by atoms with E-state index in [4.69, 9.17) is 28.9 Å². The highest BCUT2D eigenvalue weighted by Crippen LogP contribution is 2.24. The second kappa shape index (κ2) is 6.88. The van der Waals surface area contributed by atoms with Gasteiger partial charge in [0.1, 0.15) is 0 Å². The number of nitrogens with two attached hydrogens (primary N) is 1. The summed E-state index contributed by atoms with van der Waals surface area (Å²) in [6, 6.07) is 12.4. The van der Waals surface area contributed by atoms with Crippen molar-refractivity contribution >= 4 is 52.2 Å². The third kappa shape index (κ3) is 4.34. The molecule has 0 aromatic heterocycles. The number of hydrogen-bond acceptors (Lipinski definition) is 3. The predicted octanol–water partition coefficient (Wildman–Crippen LogP) is 4.31. The number of nitrogens with one attached hydrogen (secondary N) is 1. The van der Waals surface area contributed by atoms with Crippen molar-refractivity contribution in [2.45, 2.75) is 4.90 Å². The molecule has 3 N–H and O–H groups in total. The highest BCUT2D eigenvalue weighted by atomic mass is 35.5. The van der Waals surface area contributed by atoms with Gasteiger partial charge in [-0.2, -0.15) is 0 Å². The van der Waals surface area contributed by atoms with Crippen LogP contribution in [0.15, 0.2) is 47.4 Å². The van der Waals surface area contributed by atoms with E-state index in [1.807, 2.05) is 18.2 Å². The molecule has 0 unspecified atom stereocenters. The van der Waals surface area contributed by atoms with Crippen LogP contribution in [0.25, 0.3) is 0 Å². The lowest BCUT2D eigenvalue weighted by molar-refractivity contribution is -0.113. The third-order valence-corrected chi connectivity index (χ3v) is 4.02. The number of anilines is 2. The second-order valence-corrected chi connectivity index (χ2v) is 5.92. The highest BCUT2D eigenvalue weighted by Gasteiger charge is 2.05. The summed E-state index contributed by atoms with van der Waals surface area (Å²) in [5.74, 6) is 0.180. The number of amides is 1. The first-order chi connectivity index (χ1) is 9.54. The van der Waals surface area contributed by atoms with Crippen LogP contribution in [0.1, 0.15) is 0 Å². The van der Waals surface area contributed by atoms with Crippen molar-refractivity contribution in [3.05, 3.63) is 52.5 Å². The maximum Gasteiger partial charge on any atom is 0.234 e. The van der Waals surface area contributed by atoms with Crippen LogP contribution in [0, 0.1) is 0 Å². The van der Waals surface area contributed by atoms with Gasteiger partial charge in [0.25, 0.3) is 0 Å². The van der Waals surface area contributed by atoms with Gasteiger partial charge < -0.3 is 11.1 Å². The van der Waals surface area contributed by atoms with Crippen LogP contribution in [0.5, 0.6) is 0 Å². The Kier molecular flexibility index (Phi) is 5.17. The van der Waals surface area contributed by atoms with E-state index in [9.17, 15) is 4.79 Å². The molecular weight excluding hydrogens is 315 g/mol. The fourth-order valence-electron chi connectivity index (χ4n) is 1.52. The van der Waals surface area contributed by atoms with Crippen molar-refractivity contribution in [1.82, 2.24) is 0 Å². The van der Waals surface area contributed by atoms with Gasteiger partial charge in [0.15, 0.2) is 0 Å². The standard InChI is InChI=1S/C14H12Cl2N2OS/c15-9-2-1-3-11(6-9)20-8-14(19)18-10-4-5-12(16)13(17)7-10/h1-7H,8,17H2,(H,18,19). The van der Waals surface area contributed by atoms with E-state index in [0.717, 1.165) is 4.90 Å². The molecule has 20 heavy (non-hydrogen) atoms. The van der Waals surface area contributed by atoms with Crippen molar-refractivity contribution in [3.8, 4) is 0 Å². The maximum absolute atomic E-state index is 11.8. The molecule has 0 aliphatic heterocycles. The molecule has 0 atom stereocenters. The average molecular weight is 327 g/mol. The van der Waals surface area contributed by atoms with Crippen LogP contribution in [0.3, 0.4) is 0 Å². The first-order valence-electron chi connectivity index (χ1n) is 5.78.